The van der Waals surface area contributed by atoms with Gasteiger partial charge < -0.3 is 15.8 Å². The van der Waals surface area contributed by atoms with Crippen LogP contribution in [-0.2, 0) is 4.79 Å². The number of hydrogen-bond acceptors (Lipinski definition) is 3. The zero-order valence-corrected chi connectivity index (χ0v) is 12.1. The summed E-state index contributed by atoms with van der Waals surface area (Å²) < 4.78 is 5.37. The van der Waals surface area contributed by atoms with Crippen LogP contribution >= 0.6 is 0 Å². The number of anilines is 1. The first-order valence-corrected chi connectivity index (χ1v) is 6.94. The van der Waals surface area contributed by atoms with E-state index in [0.29, 0.717) is 11.4 Å². The van der Waals surface area contributed by atoms with E-state index < -0.39 is 0 Å². The van der Waals surface area contributed by atoms with E-state index in [4.69, 9.17) is 10.5 Å². The highest BCUT2D eigenvalue weighted by Crippen LogP contribution is 2.32. The van der Waals surface area contributed by atoms with Gasteiger partial charge in [-0.1, -0.05) is 24.3 Å². The van der Waals surface area contributed by atoms with Crippen LogP contribution in [-0.4, -0.2) is 12.5 Å². The number of carbonyl (C=O) groups excluding carboxylic acids is 1. The van der Waals surface area contributed by atoms with E-state index in [1.54, 1.807) is 0 Å². The van der Waals surface area contributed by atoms with Gasteiger partial charge in [-0.3, -0.25) is 4.79 Å². The van der Waals surface area contributed by atoms with Crippen molar-refractivity contribution in [3.63, 3.8) is 0 Å². The molecule has 0 saturated carbocycles. The molecule has 0 saturated heterocycles. The largest absolute Gasteiger partial charge is 0.482 e. The maximum atomic E-state index is 11.4. The van der Waals surface area contributed by atoms with E-state index in [1.165, 1.54) is 11.1 Å². The van der Waals surface area contributed by atoms with Gasteiger partial charge in [-0.05, 0) is 48.2 Å². The summed E-state index contributed by atoms with van der Waals surface area (Å²) in [5, 5.41) is 2.81. The first-order chi connectivity index (χ1) is 10.1. The molecule has 0 aliphatic carbocycles. The molecule has 3 N–H and O–H groups in total. The predicted octanol–water partition coefficient (Wildman–Crippen LogP) is 2.68. The molecule has 0 spiro atoms. The van der Waals surface area contributed by atoms with Gasteiger partial charge in [0.15, 0.2) is 6.61 Å². The van der Waals surface area contributed by atoms with E-state index in [-0.39, 0.29) is 18.6 Å². The quantitative estimate of drug-likeness (QED) is 0.890. The molecule has 1 aliphatic rings. The van der Waals surface area contributed by atoms with Gasteiger partial charge in [-0.25, -0.2) is 0 Å². The molecule has 0 fully saturated rings. The summed E-state index contributed by atoms with van der Waals surface area (Å²) in [5.74, 6) is 0.548. The Kier molecular flexibility index (Phi) is 3.39. The Morgan fingerprint density at radius 1 is 1.24 bits per heavy atom. The molecular formula is C17H18N2O2. The molecule has 108 valence electrons. The molecule has 2 aromatic rings. The number of aryl methyl sites for hydroxylation is 1. The first-order valence-electron chi connectivity index (χ1n) is 6.94. The van der Waals surface area contributed by atoms with Crippen LogP contribution in [0.5, 0.6) is 5.75 Å². The Labute approximate surface area is 123 Å². The first kappa shape index (κ1) is 13.6. The summed E-state index contributed by atoms with van der Waals surface area (Å²) in [4.78, 5) is 11.4. The van der Waals surface area contributed by atoms with Crippen molar-refractivity contribution in [2.75, 3.05) is 11.9 Å². The third-order valence-electron chi connectivity index (χ3n) is 3.98. The number of ether oxygens (including phenoxy) is 1. The number of hydrogen-bond donors (Lipinski definition) is 2. The number of fused-ring (bicyclic) bond motifs is 1. The van der Waals surface area contributed by atoms with Gasteiger partial charge in [0.05, 0.1) is 11.7 Å². The molecule has 1 unspecified atom stereocenters. The topological polar surface area (TPSA) is 64.3 Å². The molecule has 1 aliphatic heterocycles. The second-order valence-corrected chi connectivity index (χ2v) is 5.36. The molecule has 1 atom stereocenters. The maximum Gasteiger partial charge on any atom is 0.262 e. The lowest BCUT2D eigenvalue weighted by Gasteiger charge is -2.21. The molecule has 4 heteroatoms. The molecule has 1 heterocycles. The number of amides is 1. The van der Waals surface area contributed by atoms with E-state index in [0.717, 1.165) is 11.1 Å². The van der Waals surface area contributed by atoms with Crippen molar-refractivity contribution in [3.8, 4) is 5.75 Å². The Balaban J connectivity index is 1.98. The van der Waals surface area contributed by atoms with Crippen molar-refractivity contribution < 1.29 is 9.53 Å². The second kappa shape index (κ2) is 5.22. The fraction of sp³-hybridized carbons (Fsp3) is 0.235. The standard InChI is InChI=1S/C17H18N2O2/c1-10-4-3-5-13(11(10)2)17(18)12-6-7-15-14(8-12)19-16(20)9-21-15/h3-8,17H,9,18H2,1-2H3,(H,19,20). The molecular weight excluding hydrogens is 264 g/mol. The average Bonchev–Trinajstić information content (AvgIpc) is 2.48. The number of nitrogens with two attached hydrogens (primary N) is 1. The van der Waals surface area contributed by atoms with Gasteiger partial charge in [0, 0.05) is 0 Å². The summed E-state index contributed by atoms with van der Waals surface area (Å²) in [6, 6.07) is 11.6. The number of rotatable bonds is 2. The van der Waals surface area contributed by atoms with E-state index in [1.807, 2.05) is 30.3 Å². The Hall–Kier alpha value is -2.33. The van der Waals surface area contributed by atoms with E-state index in [2.05, 4.69) is 25.2 Å². The zero-order valence-electron chi connectivity index (χ0n) is 12.1. The van der Waals surface area contributed by atoms with Gasteiger partial charge in [0.1, 0.15) is 5.75 Å². The van der Waals surface area contributed by atoms with Crippen molar-refractivity contribution in [2.24, 2.45) is 5.73 Å². The van der Waals surface area contributed by atoms with Crippen LogP contribution in [0.1, 0.15) is 28.3 Å². The number of nitrogens with one attached hydrogen (secondary N) is 1. The number of benzene rings is 2. The minimum Gasteiger partial charge on any atom is -0.482 e. The van der Waals surface area contributed by atoms with Crippen molar-refractivity contribution in [3.05, 3.63) is 58.7 Å². The van der Waals surface area contributed by atoms with Crippen molar-refractivity contribution in [2.45, 2.75) is 19.9 Å². The molecule has 0 aromatic heterocycles. The molecule has 0 bridgehead atoms. The smallest absolute Gasteiger partial charge is 0.262 e. The predicted molar refractivity (Wildman–Crippen MR) is 82.5 cm³/mol. The van der Waals surface area contributed by atoms with Crippen LogP contribution in [0.2, 0.25) is 0 Å². The molecule has 21 heavy (non-hydrogen) atoms. The van der Waals surface area contributed by atoms with Gasteiger partial charge in [-0.2, -0.15) is 0 Å². The highest BCUT2D eigenvalue weighted by atomic mass is 16.5. The van der Waals surface area contributed by atoms with Crippen molar-refractivity contribution in [1.82, 2.24) is 0 Å². The highest BCUT2D eigenvalue weighted by molar-refractivity contribution is 5.95. The Morgan fingerprint density at radius 2 is 2.05 bits per heavy atom. The maximum absolute atomic E-state index is 11.4. The van der Waals surface area contributed by atoms with Crippen molar-refractivity contribution in [1.29, 1.82) is 0 Å². The lowest BCUT2D eigenvalue weighted by Crippen LogP contribution is -2.25. The monoisotopic (exact) mass is 282 g/mol. The molecule has 1 amide bonds. The minimum atomic E-state index is -0.228. The molecule has 4 nitrogen and oxygen atoms in total. The fourth-order valence-corrected chi connectivity index (χ4v) is 2.58. The van der Waals surface area contributed by atoms with Crippen LogP contribution in [0.4, 0.5) is 5.69 Å². The number of carbonyl (C=O) groups is 1. The van der Waals surface area contributed by atoms with Crippen LogP contribution in [0, 0.1) is 13.8 Å². The van der Waals surface area contributed by atoms with E-state index in [9.17, 15) is 4.79 Å². The summed E-state index contributed by atoms with van der Waals surface area (Å²) >= 11 is 0. The van der Waals surface area contributed by atoms with Crippen LogP contribution < -0.4 is 15.8 Å². The zero-order chi connectivity index (χ0) is 15.0. The average molecular weight is 282 g/mol. The highest BCUT2D eigenvalue weighted by Gasteiger charge is 2.19. The SMILES string of the molecule is Cc1cccc(C(N)c2ccc3c(c2)NC(=O)CO3)c1C. The summed E-state index contributed by atoms with van der Waals surface area (Å²) in [6.07, 6.45) is 0. The lowest BCUT2D eigenvalue weighted by atomic mass is 9.93. The molecule has 0 radical (unpaired) electrons. The summed E-state index contributed by atoms with van der Waals surface area (Å²) in [6.45, 7) is 4.22. The van der Waals surface area contributed by atoms with E-state index >= 15 is 0 Å². The van der Waals surface area contributed by atoms with Crippen molar-refractivity contribution >= 4 is 11.6 Å². The third-order valence-corrected chi connectivity index (χ3v) is 3.98. The summed E-state index contributed by atoms with van der Waals surface area (Å²) in [7, 11) is 0. The van der Waals surface area contributed by atoms with Crippen LogP contribution in [0.25, 0.3) is 0 Å². The van der Waals surface area contributed by atoms with Crippen LogP contribution in [0.15, 0.2) is 36.4 Å². The van der Waals surface area contributed by atoms with Gasteiger partial charge in [0.2, 0.25) is 0 Å². The second-order valence-electron chi connectivity index (χ2n) is 5.36. The lowest BCUT2D eigenvalue weighted by molar-refractivity contribution is -0.118. The van der Waals surface area contributed by atoms with Crippen LogP contribution in [0.3, 0.4) is 0 Å². The van der Waals surface area contributed by atoms with Gasteiger partial charge in [-0.15, -0.1) is 0 Å². The minimum absolute atomic E-state index is 0.0649. The van der Waals surface area contributed by atoms with Gasteiger partial charge in [0.25, 0.3) is 5.91 Å². The third kappa shape index (κ3) is 2.50. The van der Waals surface area contributed by atoms with Gasteiger partial charge >= 0.3 is 0 Å². The molecule has 2 aromatic carbocycles. The Bertz CT molecular complexity index is 710. The molecule has 3 rings (SSSR count). The fourth-order valence-electron chi connectivity index (χ4n) is 2.58. The normalized spacial score (nSPS) is 14.9. The Morgan fingerprint density at radius 3 is 2.86 bits per heavy atom. The summed E-state index contributed by atoms with van der Waals surface area (Å²) in [5.41, 5.74) is 11.5.